The highest BCUT2D eigenvalue weighted by molar-refractivity contribution is 5.92. The van der Waals surface area contributed by atoms with E-state index in [0.717, 1.165) is 6.42 Å². The highest BCUT2D eigenvalue weighted by Gasteiger charge is 2.19. The molecule has 5 nitrogen and oxygen atoms in total. The molecule has 2 amide bonds. The minimum absolute atomic E-state index is 0.377. The van der Waals surface area contributed by atoms with Crippen LogP contribution in [0.1, 0.15) is 31.7 Å². The molecule has 1 aromatic rings. The van der Waals surface area contributed by atoms with Gasteiger partial charge in [-0.1, -0.05) is 19.8 Å². The molecule has 1 aromatic carbocycles. The van der Waals surface area contributed by atoms with Gasteiger partial charge in [0.05, 0.1) is 0 Å². The normalized spacial score (nSPS) is 11.8. The van der Waals surface area contributed by atoms with Gasteiger partial charge in [0.2, 0.25) is 0 Å². The summed E-state index contributed by atoms with van der Waals surface area (Å²) < 4.78 is 12.9. The lowest BCUT2D eigenvalue weighted by molar-refractivity contribution is -0.139. The number of rotatable bonds is 6. The summed E-state index contributed by atoms with van der Waals surface area (Å²) in [7, 11) is 0. The minimum atomic E-state index is -1.07. The molecule has 20 heavy (non-hydrogen) atoms. The molecule has 0 aromatic heterocycles. The lowest BCUT2D eigenvalue weighted by Crippen LogP contribution is -2.43. The summed E-state index contributed by atoms with van der Waals surface area (Å²) in [5.41, 5.74) is 1.02. The standard InChI is InChI=1S/C14H19FN2O3/c1-3-4-5-12(13(18)19)17-14(20)16-11-7-6-10(15)8-9(11)2/h6-8,12H,3-5H2,1-2H3,(H,18,19)(H2,16,17,20). The van der Waals surface area contributed by atoms with Gasteiger partial charge in [-0.25, -0.2) is 14.0 Å². The van der Waals surface area contributed by atoms with Gasteiger partial charge in [-0.2, -0.15) is 0 Å². The quantitative estimate of drug-likeness (QED) is 0.750. The molecule has 1 atom stereocenters. The molecule has 0 heterocycles. The zero-order chi connectivity index (χ0) is 15.1. The summed E-state index contributed by atoms with van der Waals surface area (Å²) in [5.74, 6) is -1.45. The molecule has 3 N–H and O–H groups in total. The Balaban J connectivity index is 2.63. The van der Waals surface area contributed by atoms with Crippen molar-refractivity contribution in [2.24, 2.45) is 0 Å². The number of carboxylic acid groups (broad SMARTS) is 1. The fraction of sp³-hybridized carbons (Fsp3) is 0.429. The number of benzene rings is 1. The van der Waals surface area contributed by atoms with E-state index < -0.39 is 18.0 Å². The van der Waals surface area contributed by atoms with Crippen LogP contribution in [-0.2, 0) is 4.79 Å². The largest absolute Gasteiger partial charge is 0.480 e. The van der Waals surface area contributed by atoms with Crippen LogP contribution in [0, 0.1) is 12.7 Å². The third-order valence-electron chi connectivity index (χ3n) is 2.89. The van der Waals surface area contributed by atoms with Crippen molar-refractivity contribution in [1.29, 1.82) is 0 Å². The van der Waals surface area contributed by atoms with E-state index in [1.54, 1.807) is 6.92 Å². The molecular weight excluding hydrogens is 263 g/mol. The minimum Gasteiger partial charge on any atom is -0.480 e. The molecule has 1 rings (SSSR count). The van der Waals surface area contributed by atoms with Crippen molar-refractivity contribution in [1.82, 2.24) is 5.32 Å². The zero-order valence-corrected chi connectivity index (χ0v) is 11.6. The number of aliphatic carboxylic acids is 1. The Morgan fingerprint density at radius 2 is 2.10 bits per heavy atom. The molecule has 0 bridgehead atoms. The number of carbonyl (C=O) groups is 2. The van der Waals surface area contributed by atoms with Gasteiger partial charge < -0.3 is 15.7 Å². The predicted octanol–water partition coefficient (Wildman–Crippen LogP) is 2.90. The smallest absolute Gasteiger partial charge is 0.326 e. The number of anilines is 1. The van der Waals surface area contributed by atoms with E-state index in [9.17, 15) is 14.0 Å². The number of nitrogens with one attached hydrogen (secondary N) is 2. The van der Waals surface area contributed by atoms with Gasteiger partial charge in [0.25, 0.3) is 0 Å². The summed E-state index contributed by atoms with van der Waals surface area (Å²) in [5, 5.41) is 13.9. The van der Waals surface area contributed by atoms with E-state index in [1.165, 1.54) is 18.2 Å². The molecule has 0 saturated heterocycles. The Morgan fingerprint density at radius 1 is 1.40 bits per heavy atom. The number of carboxylic acids is 1. The van der Waals surface area contributed by atoms with Crippen LogP contribution in [0.5, 0.6) is 0 Å². The van der Waals surface area contributed by atoms with Gasteiger partial charge in [-0.15, -0.1) is 0 Å². The molecular formula is C14H19FN2O3. The predicted molar refractivity (Wildman–Crippen MR) is 74.2 cm³/mol. The van der Waals surface area contributed by atoms with E-state index in [0.29, 0.717) is 24.1 Å². The van der Waals surface area contributed by atoms with Crippen LogP contribution in [0.4, 0.5) is 14.9 Å². The molecule has 0 aliphatic heterocycles. The number of halogens is 1. The second-order valence-electron chi connectivity index (χ2n) is 4.59. The molecule has 6 heteroatoms. The van der Waals surface area contributed by atoms with Crippen LogP contribution in [-0.4, -0.2) is 23.1 Å². The van der Waals surface area contributed by atoms with Crippen molar-refractivity contribution < 1.29 is 19.1 Å². The van der Waals surface area contributed by atoms with E-state index >= 15 is 0 Å². The van der Waals surface area contributed by atoms with Crippen LogP contribution in [0.2, 0.25) is 0 Å². The maximum Gasteiger partial charge on any atom is 0.326 e. The number of carbonyl (C=O) groups excluding carboxylic acids is 1. The van der Waals surface area contributed by atoms with Crippen LogP contribution < -0.4 is 10.6 Å². The summed E-state index contributed by atoms with van der Waals surface area (Å²) in [4.78, 5) is 22.8. The molecule has 0 aliphatic carbocycles. The fourth-order valence-electron chi connectivity index (χ4n) is 1.75. The van der Waals surface area contributed by atoms with Crippen LogP contribution in [0.25, 0.3) is 0 Å². The first-order valence-electron chi connectivity index (χ1n) is 6.50. The first-order chi connectivity index (χ1) is 9.43. The summed E-state index contributed by atoms with van der Waals surface area (Å²) in [6, 6.07) is 2.43. The SMILES string of the molecule is CCCCC(NC(=O)Nc1ccc(F)cc1C)C(=O)O. The van der Waals surface area contributed by atoms with Gasteiger partial charge in [0.15, 0.2) is 0 Å². The highest BCUT2D eigenvalue weighted by atomic mass is 19.1. The first-order valence-corrected chi connectivity index (χ1v) is 6.50. The van der Waals surface area contributed by atoms with Crippen molar-refractivity contribution in [2.75, 3.05) is 5.32 Å². The van der Waals surface area contributed by atoms with E-state index in [4.69, 9.17) is 5.11 Å². The zero-order valence-electron chi connectivity index (χ0n) is 11.6. The number of aryl methyl sites for hydroxylation is 1. The monoisotopic (exact) mass is 282 g/mol. The number of amides is 2. The van der Waals surface area contributed by atoms with Crippen molar-refractivity contribution in [3.63, 3.8) is 0 Å². The highest BCUT2D eigenvalue weighted by Crippen LogP contribution is 2.15. The van der Waals surface area contributed by atoms with E-state index in [1.807, 2.05) is 6.92 Å². The van der Waals surface area contributed by atoms with Gasteiger partial charge in [-0.3, -0.25) is 0 Å². The topological polar surface area (TPSA) is 78.4 Å². The van der Waals surface area contributed by atoms with Crippen molar-refractivity contribution >= 4 is 17.7 Å². The van der Waals surface area contributed by atoms with Crippen molar-refractivity contribution in [3.05, 3.63) is 29.6 Å². The Morgan fingerprint density at radius 3 is 2.65 bits per heavy atom. The first kappa shape index (κ1) is 15.9. The number of urea groups is 1. The molecule has 0 spiro atoms. The summed E-state index contributed by atoms with van der Waals surface area (Å²) >= 11 is 0. The number of unbranched alkanes of at least 4 members (excludes halogenated alkanes) is 1. The number of hydrogen-bond acceptors (Lipinski definition) is 2. The van der Waals surface area contributed by atoms with Gasteiger partial charge in [0, 0.05) is 5.69 Å². The van der Waals surface area contributed by atoms with Crippen LogP contribution in [0.15, 0.2) is 18.2 Å². The Kier molecular flexibility index (Phi) is 5.96. The number of hydrogen-bond donors (Lipinski definition) is 3. The fourth-order valence-corrected chi connectivity index (χ4v) is 1.75. The van der Waals surface area contributed by atoms with Gasteiger partial charge in [0.1, 0.15) is 11.9 Å². The molecule has 0 saturated carbocycles. The second-order valence-corrected chi connectivity index (χ2v) is 4.59. The lowest BCUT2D eigenvalue weighted by Gasteiger charge is -2.15. The third kappa shape index (κ3) is 4.87. The molecule has 110 valence electrons. The second kappa shape index (κ2) is 7.47. The third-order valence-corrected chi connectivity index (χ3v) is 2.89. The Bertz CT molecular complexity index is 491. The van der Waals surface area contributed by atoms with Crippen LogP contribution >= 0.6 is 0 Å². The molecule has 0 radical (unpaired) electrons. The average Bonchev–Trinajstić information content (AvgIpc) is 2.37. The maximum absolute atomic E-state index is 12.9. The average molecular weight is 282 g/mol. The van der Waals surface area contributed by atoms with Crippen molar-refractivity contribution in [2.45, 2.75) is 39.2 Å². The van der Waals surface area contributed by atoms with Crippen molar-refractivity contribution in [3.8, 4) is 0 Å². The summed E-state index contributed by atoms with van der Waals surface area (Å²) in [6.07, 6.45) is 1.94. The van der Waals surface area contributed by atoms with Gasteiger partial charge in [-0.05, 0) is 37.1 Å². The summed E-state index contributed by atoms with van der Waals surface area (Å²) in [6.45, 7) is 3.60. The maximum atomic E-state index is 12.9. The Hall–Kier alpha value is -2.11. The van der Waals surface area contributed by atoms with E-state index in [-0.39, 0.29) is 5.82 Å². The molecule has 1 unspecified atom stereocenters. The Labute approximate surface area is 117 Å². The lowest BCUT2D eigenvalue weighted by atomic mass is 10.1. The molecule has 0 aliphatic rings. The van der Waals surface area contributed by atoms with Gasteiger partial charge >= 0.3 is 12.0 Å². The molecule has 0 fully saturated rings. The van der Waals surface area contributed by atoms with Crippen LogP contribution in [0.3, 0.4) is 0 Å². The van der Waals surface area contributed by atoms with E-state index in [2.05, 4.69) is 10.6 Å².